The average molecular weight is 147 g/mol. The summed E-state index contributed by atoms with van der Waals surface area (Å²) in [5.41, 5.74) is 5.36. The van der Waals surface area contributed by atoms with Gasteiger partial charge < -0.3 is 15.6 Å². The molecule has 0 radical (unpaired) electrons. The molecular formula is C7H17NO2. The molecule has 0 saturated heterocycles. The number of nitrogens with two attached hydrogens (primary N) is 1. The monoisotopic (exact) mass is 147 g/mol. The van der Waals surface area contributed by atoms with Crippen molar-refractivity contribution >= 4 is 0 Å². The highest BCUT2D eigenvalue weighted by atomic mass is 16.5. The summed E-state index contributed by atoms with van der Waals surface area (Å²) < 4.78 is 4.86. The number of hydrogen-bond acceptors (Lipinski definition) is 3. The van der Waals surface area contributed by atoms with Gasteiger partial charge in [-0.3, -0.25) is 0 Å². The Balaban J connectivity index is 3.09. The summed E-state index contributed by atoms with van der Waals surface area (Å²) in [6.45, 7) is 1.52. The summed E-state index contributed by atoms with van der Waals surface area (Å²) >= 11 is 0. The number of ether oxygens (including phenoxy) is 1. The highest BCUT2D eigenvalue weighted by molar-refractivity contribution is 4.57. The maximum atomic E-state index is 8.70. The van der Waals surface area contributed by atoms with Crippen LogP contribution in [0.25, 0.3) is 0 Å². The van der Waals surface area contributed by atoms with Crippen molar-refractivity contribution in [2.24, 2.45) is 11.7 Å². The van der Waals surface area contributed by atoms with Crippen molar-refractivity contribution in [3.8, 4) is 0 Å². The summed E-state index contributed by atoms with van der Waals surface area (Å²) in [4.78, 5) is 0. The van der Waals surface area contributed by atoms with Crippen molar-refractivity contribution in [1.29, 1.82) is 0 Å². The number of hydrogen-bond donors (Lipinski definition) is 2. The zero-order valence-electron chi connectivity index (χ0n) is 6.55. The second-order valence-corrected chi connectivity index (χ2v) is 2.42. The van der Waals surface area contributed by atoms with Crippen LogP contribution >= 0.6 is 0 Å². The van der Waals surface area contributed by atoms with E-state index in [0.29, 0.717) is 6.54 Å². The molecule has 1 atom stereocenters. The third-order valence-corrected chi connectivity index (χ3v) is 1.55. The molecule has 3 nitrogen and oxygen atoms in total. The number of aliphatic hydroxyl groups is 1. The SMILES string of the molecule is COCCCC(CN)CO. The molecule has 0 amide bonds. The lowest BCUT2D eigenvalue weighted by molar-refractivity contribution is 0.171. The Morgan fingerprint density at radius 3 is 2.70 bits per heavy atom. The first-order valence-electron chi connectivity index (χ1n) is 3.65. The first-order valence-corrected chi connectivity index (χ1v) is 3.65. The van der Waals surface area contributed by atoms with Gasteiger partial charge in [0.05, 0.1) is 0 Å². The first-order chi connectivity index (χ1) is 4.85. The first kappa shape index (κ1) is 9.88. The zero-order chi connectivity index (χ0) is 7.82. The van der Waals surface area contributed by atoms with Crippen LogP contribution in [0.2, 0.25) is 0 Å². The van der Waals surface area contributed by atoms with E-state index in [0.717, 1.165) is 19.4 Å². The van der Waals surface area contributed by atoms with Gasteiger partial charge in [-0.25, -0.2) is 0 Å². The lowest BCUT2D eigenvalue weighted by Gasteiger charge is -2.09. The van der Waals surface area contributed by atoms with Crippen LogP contribution in [0.4, 0.5) is 0 Å². The lowest BCUT2D eigenvalue weighted by atomic mass is 10.1. The van der Waals surface area contributed by atoms with Crippen molar-refractivity contribution in [2.45, 2.75) is 12.8 Å². The fourth-order valence-electron chi connectivity index (χ4n) is 0.800. The van der Waals surface area contributed by atoms with Gasteiger partial charge in [0.15, 0.2) is 0 Å². The van der Waals surface area contributed by atoms with Gasteiger partial charge in [-0.15, -0.1) is 0 Å². The molecule has 0 fully saturated rings. The minimum Gasteiger partial charge on any atom is -0.396 e. The molecule has 0 aromatic rings. The second kappa shape index (κ2) is 6.99. The minimum absolute atomic E-state index is 0.195. The molecule has 0 aliphatic heterocycles. The minimum atomic E-state index is 0.195. The van der Waals surface area contributed by atoms with Crippen LogP contribution in [0.15, 0.2) is 0 Å². The molecule has 0 spiro atoms. The van der Waals surface area contributed by atoms with E-state index in [2.05, 4.69) is 0 Å². The lowest BCUT2D eigenvalue weighted by Crippen LogP contribution is -2.18. The molecular weight excluding hydrogens is 130 g/mol. The van der Waals surface area contributed by atoms with E-state index in [1.165, 1.54) is 0 Å². The average Bonchev–Trinajstić information content (AvgIpc) is 1.99. The smallest absolute Gasteiger partial charge is 0.0471 e. The fourth-order valence-corrected chi connectivity index (χ4v) is 0.800. The van der Waals surface area contributed by atoms with Crippen LogP contribution in [-0.4, -0.2) is 32.0 Å². The largest absolute Gasteiger partial charge is 0.396 e. The van der Waals surface area contributed by atoms with Crippen molar-refractivity contribution in [2.75, 3.05) is 26.9 Å². The van der Waals surface area contributed by atoms with Gasteiger partial charge in [0.1, 0.15) is 0 Å². The van der Waals surface area contributed by atoms with E-state index >= 15 is 0 Å². The third-order valence-electron chi connectivity index (χ3n) is 1.55. The van der Waals surface area contributed by atoms with Crippen molar-refractivity contribution in [3.05, 3.63) is 0 Å². The van der Waals surface area contributed by atoms with Gasteiger partial charge in [0.2, 0.25) is 0 Å². The van der Waals surface area contributed by atoms with Crippen LogP contribution < -0.4 is 5.73 Å². The van der Waals surface area contributed by atoms with Gasteiger partial charge in [-0.05, 0) is 25.3 Å². The Morgan fingerprint density at radius 1 is 1.60 bits per heavy atom. The highest BCUT2D eigenvalue weighted by Gasteiger charge is 2.02. The third kappa shape index (κ3) is 4.73. The number of methoxy groups -OCH3 is 1. The molecule has 0 rings (SSSR count). The van der Waals surface area contributed by atoms with Gasteiger partial charge >= 0.3 is 0 Å². The van der Waals surface area contributed by atoms with Gasteiger partial charge in [0.25, 0.3) is 0 Å². The molecule has 0 aliphatic rings. The Kier molecular flexibility index (Phi) is 6.91. The summed E-state index contributed by atoms with van der Waals surface area (Å²) in [6.07, 6.45) is 1.94. The maximum Gasteiger partial charge on any atom is 0.0471 e. The quantitative estimate of drug-likeness (QED) is 0.519. The maximum absolute atomic E-state index is 8.70. The van der Waals surface area contributed by atoms with Crippen LogP contribution in [0, 0.1) is 5.92 Å². The Bertz CT molecular complexity index is 64.6. The normalized spacial score (nSPS) is 13.5. The molecule has 0 aromatic carbocycles. The molecule has 3 N–H and O–H groups in total. The van der Waals surface area contributed by atoms with Gasteiger partial charge in [-0.2, -0.15) is 0 Å². The second-order valence-electron chi connectivity index (χ2n) is 2.42. The molecule has 62 valence electrons. The Morgan fingerprint density at radius 2 is 2.30 bits per heavy atom. The standard InChI is InChI=1S/C7H17NO2/c1-10-4-2-3-7(5-8)6-9/h7,9H,2-6,8H2,1H3. The molecule has 0 saturated carbocycles. The molecule has 10 heavy (non-hydrogen) atoms. The zero-order valence-corrected chi connectivity index (χ0v) is 6.55. The Hall–Kier alpha value is -0.120. The molecule has 1 unspecified atom stereocenters. The van der Waals surface area contributed by atoms with Gasteiger partial charge in [0, 0.05) is 20.3 Å². The molecule has 0 bridgehead atoms. The van der Waals surface area contributed by atoms with Crippen LogP contribution in [0.5, 0.6) is 0 Å². The number of aliphatic hydroxyl groups excluding tert-OH is 1. The summed E-state index contributed by atoms with van der Waals surface area (Å²) in [6, 6.07) is 0. The predicted molar refractivity (Wildman–Crippen MR) is 40.7 cm³/mol. The Labute approximate surface area is 62.2 Å². The van der Waals surface area contributed by atoms with E-state index in [-0.39, 0.29) is 12.5 Å². The molecule has 0 aromatic heterocycles. The highest BCUT2D eigenvalue weighted by Crippen LogP contribution is 2.02. The van der Waals surface area contributed by atoms with E-state index in [1.807, 2.05) is 0 Å². The van der Waals surface area contributed by atoms with Gasteiger partial charge in [-0.1, -0.05) is 0 Å². The fraction of sp³-hybridized carbons (Fsp3) is 1.00. The summed E-state index contributed by atoms with van der Waals surface area (Å²) in [5.74, 6) is 0.259. The van der Waals surface area contributed by atoms with Crippen molar-refractivity contribution in [1.82, 2.24) is 0 Å². The van der Waals surface area contributed by atoms with E-state index < -0.39 is 0 Å². The summed E-state index contributed by atoms with van der Waals surface area (Å²) in [5, 5.41) is 8.70. The van der Waals surface area contributed by atoms with E-state index in [9.17, 15) is 0 Å². The summed E-state index contributed by atoms with van der Waals surface area (Å²) in [7, 11) is 1.68. The van der Waals surface area contributed by atoms with E-state index in [1.54, 1.807) is 7.11 Å². The molecule has 0 heterocycles. The molecule has 3 heteroatoms. The number of rotatable bonds is 6. The van der Waals surface area contributed by atoms with Crippen molar-refractivity contribution in [3.63, 3.8) is 0 Å². The van der Waals surface area contributed by atoms with Crippen LogP contribution in [-0.2, 0) is 4.74 Å². The topological polar surface area (TPSA) is 55.5 Å². The van der Waals surface area contributed by atoms with Crippen molar-refractivity contribution < 1.29 is 9.84 Å². The predicted octanol–water partition coefficient (Wildman–Crippen LogP) is -0.0198. The molecule has 0 aliphatic carbocycles. The van der Waals surface area contributed by atoms with E-state index in [4.69, 9.17) is 15.6 Å². The van der Waals surface area contributed by atoms with Crippen LogP contribution in [0.1, 0.15) is 12.8 Å². The van der Waals surface area contributed by atoms with Crippen LogP contribution in [0.3, 0.4) is 0 Å².